The largest absolute Gasteiger partial charge is 0.289 e. The van der Waals surface area contributed by atoms with Gasteiger partial charge in [0, 0.05) is 16.2 Å². The van der Waals surface area contributed by atoms with Crippen LogP contribution in [0.3, 0.4) is 0 Å². The summed E-state index contributed by atoms with van der Waals surface area (Å²) in [4.78, 5) is 26.8. The number of allylic oxidation sites excluding steroid dienone is 2. The van der Waals surface area contributed by atoms with E-state index in [1.54, 1.807) is 28.9 Å². The first-order valence-corrected chi connectivity index (χ1v) is 9.82. The SMILES string of the molecule is O=C1C=C(c2ccccc2)C(=O)c2c1c(-c1ccc(Cl)cc1)nn2-c1ccccc1. The van der Waals surface area contributed by atoms with E-state index >= 15 is 0 Å². The van der Waals surface area contributed by atoms with Gasteiger partial charge in [-0.1, -0.05) is 72.3 Å². The van der Waals surface area contributed by atoms with Crippen LogP contribution in [-0.2, 0) is 0 Å². The first kappa shape index (κ1) is 18.3. The maximum absolute atomic E-state index is 13.6. The van der Waals surface area contributed by atoms with Gasteiger partial charge in [-0.25, -0.2) is 4.68 Å². The molecule has 0 N–H and O–H groups in total. The van der Waals surface area contributed by atoms with Gasteiger partial charge < -0.3 is 0 Å². The summed E-state index contributed by atoms with van der Waals surface area (Å²) in [6.07, 6.45) is 1.41. The van der Waals surface area contributed by atoms with Gasteiger partial charge in [0.1, 0.15) is 11.4 Å². The number of halogens is 1. The standard InChI is InChI=1S/C25H15ClN2O2/c26-18-13-11-17(12-14-18)23-22-21(29)15-20(16-7-3-1-4-8-16)25(30)24(22)28(27-23)19-9-5-2-6-10-19/h1-15H. The second-order valence-electron chi connectivity index (χ2n) is 6.94. The molecule has 0 spiro atoms. The molecule has 4 nitrogen and oxygen atoms in total. The number of aromatic nitrogens is 2. The maximum atomic E-state index is 13.6. The molecule has 144 valence electrons. The number of hydrogen-bond donors (Lipinski definition) is 0. The average Bonchev–Trinajstić information content (AvgIpc) is 3.19. The molecule has 1 heterocycles. The zero-order chi connectivity index (χ0) is 20.7. The number of fused-ring (bicyclic) bond motifs is 1. The van der Waals surface area contributed by atoms with Gasteiger partial charge in [-0.3, -0.25) is 9.59 Å². The van der Waals surface area contributed by atoms with Crippen LogP contribution in [0, 0.1) is 0 Å². The summed E-state index contributed by atoms with van der Waals surface area (Å²) in [5.41, 5.74) is 3.56. The van der Waals surface area contributed by atoms with Crippen molar-refractivity contribution in [2.45, 2.75) is 0 Å². The van der Waals surface area contributed by atoms with E-state index in [0.717, 1.165) is 5.56 Å². The Labute approximate surface area is 178 Å². The monoisotopic (exact) mass is 410 g/mol. The van der Waals surface area contributed by atoms with Gasteiger partial charge in [0.05, 0.1) is 11.3 Å². The second kappa shape index (κ2) is 7.25. The highest BCUT2D eigenvalue weighted by molar-refractivity contribution is 6.39. The molecule has 1 aromatic heterocycles. The molecule has 0 saturated carbocycles. The minimum atomic E-state index is -0.240. The van der Waals surface area contributed by atoms with Gasteiger partial charge >= 0.3 is 0 Å². The third kappa shape index (κ3) is 2.98. The van der Waals surface area contributed by atoms with Crippen molar-refractivity contribution in [2.75, 3.05) is 0 Å². The summed E-state index contributed by atoms with van der Waals surface area (Å²) in [6, 6.07) is 25.6. The molecule has 0 saturated heterocycles. The number of carbonyl (C=O) groups excluding carboxylic acids is 2. The average molecular weight is 411 g/mol. The van der Waals surface area contributed by atoms with E-state index in [2.05, 4.69) is 5.10 Å². The molecule has 0 amide bonds. The number of nitrogens with zero attached hydrogens (tertiary/aromatic N) is 2. The molecule has 0 unspecified atom stereocenters. The predicted octanol–water partition coefficient (Wildman–Crippen LogP) is 5.66. The maximum Gasteiger partial charge on any atom is 0.213 e. The highest BCUT2D eigenvalue weighted by atomic mass is 35.5. The highest BCUT2D eigenvalue weighted by Crippen LogP contribution is 2.35. The lowest BCUT2D eigenvalue weighted by Crippen LogP contribution is -2.19. The van der Waals surface area contributed by atoms with Gasteiger partial charge in [-0.2, -0.15) is 5.10 Å². The molecule has 0 bridgehead atoms. The summed E-state index contributed by atoms with van der Waals surface area (Å²) < 4.78 is 1.56. The van der Waals surface area contributed by atoms with Crippen LogP contribution in [0.15, 0.2) is 91.0 Å². The van der Waals surface area contributed by atoms with Crippen molar-refractivity contribution in [3.8, 4) is 16.9 Å². The van der Waals surface area contributed by atoms with E-state index in [1.807, 2.05) is 60.7 Å². The summed E-state index contributed by atoms with van der Waals surface area (Å²) in [7, 11) is 0. The van der Waals surface area contributed by atoms with Crippen LogP contribution in [-0.4, -0.2) is 21.3 Å². The molecule has 30 heavy (non-hydrogen) atoms. The molecule has 0 fully saturated rings. The van der Waals surface area contributed by atoms with Crippen molar-refractivity contribution in [1.82, 2.24) is 9.78 Å². The van der Waals surface area contributed by atoms with Gasteiger partial charge in [-0.15, -0.1) is 0 Å². The molecule has 5 rings (SSSR count). The normalized spacial score (nSPS) is 13.2. The van der Waals surface area contributed by atoms with E-state index in [9.17, 15) is 9.59 Å². The first-order valence-electron chi connectivity index (χ1n) is 9.44. The Bertz CT molecular complexity index is 1300. The van der Waals surface area contributed by atoms with Crippen molar-refractivity contribution in [2.24, 2.45) is 0 Å². The quantitative estimate of drug-likeness (QED) is 0.438. The molecule has 0 radical (unpaired) electrons. The molecular weight excluding hydrogens is 396 g/mol. The van der Waals surface area contributed by atoms with E-state index in [0.29, 0.717) is 33.1 Å². The first-order chi connectivity index (χ1) is 14.6. The molecule has 0 atom stereocenters. The van der Waals surface area contributed by atoms with E-state index in [4.69, 9.17) is 11.6 Å². The summed E-state index contributed by atoms with van der Waals surface area (Å²) in [6.45, 7) is 0. The van der Waals surface area contributed by atoms with Gasteiger partial charge in [0.2, 0.25) is 5.78 Å². The topological polar surface area (TPSA) is 52.0 Å². The van der Waals surface area contributed by atoms with Gasteiger partial charge in [-0.05, 0) is 35.9 Å². The Morgan fingerprint density at radius 1 is 0.733 bits per heavy atom. The molecule has 1 aliphatic rings. The third-order valence-corrected chi connectivity index (χ3v) is 5.32. The van der Waals surface area contributed by atoms with Crippen molar-refractivity contribution >= 4 is 28.7 Å². The van der Waals surface area contributed by atoms with Crippen LogP contribution in [0.2, 0.25) is 5.02 Å². The number of rotatable bonds is 3. The Morgan fingerprint density at radius 3 is 2.03 bits per heavy atom. The Kier molecular flexibility index (Phi) is 4.42. The Balaban J connectivity index is 1.77. The van der Waals surface area contributed by atoms with Crippen molar-refractivity contribution in [1.29, 1.82) is 0 Å². The lowest BCUT2D eigenvalue weighted by atomic mass is 9.88. The Hall–Kier alpha value is -3.76. The fraction of sp³-hybridized carbons (Fsp3) is 0. The lowest BCUT2D eigenvalue weighted by molar-refractivity contribution is 0.0998. The molecular formula is C25H15ClN2O2. The van der Waals surface area contributed by atoms with Crippen molar-refractivity contribution in [3.05, 3.63) is 113 Å². The third-order valence-electron chi connectivity index (χ3n) is 5.07. The van der Waals surface area contributed by atoms with Gasteiger partial charge in [0.15, 0.2) is 5.78 Å². The number of carbonyl (C=O) groups is 2. The highest BCUT2D eigenvalue weighted by Gasteiger charge is 2.35. The number of benzene rings is 3. The van der Waals surface area contributed by atoms with Crippen LogP contribution >= 0.6 is 11.6 Å². The number of Topliss-reactive ketones (excluding diaryl/α,β-unsaturated/α-hetero) is 1. The fourth-order valence-corrected chi connectivity index (χ4v) is 3.78. The summed E-state index contributed by atoms with van der Waals surface area (Å²) in [5.74, 6) is -0.469. The summed E-state index contributed by atoms with van der Waals surface area (Å²) >= 11 is 6.03. The van der Waals surface area contributed by atoms with Crippen molar-refractivity contribution < 1.29 is 9.59 Å². The van der Waals surface area contributed by atoms with Crippen LogP contribution in [0.1, 0.15) is 26.4 Å². The van der Waals surface area contributed by atoms with E-state index < -0.39 is 0 Å². The second-order valence-corrected chi connectivity index (χ2v) is 7.38. The zero-order valence-electron chi connectivity index (χ0n) is 15.7. The van der Waals surface area contributed by atoms with Gasteiger partial charge in [0.25, 0.3) is 0 Å². The zero-order valence-corrected chi connectivity index (χ0v) is 16.5. The van der Waals surface area contributed by atoms with Crippen LogP contribution in [0.5, 0.6) is 0 Å². The Morgan fingerprint density at radius 2 is 1.37 bits per heavy atom. The van der Waals surface area contributed by atoms with Crippen LogP contribution < -0.4 is 0 Å². The van der Waals surface area contributed by atoms with Crippen LogP contribution in [0.25, 0.3) is 22.5 Å². The smallest absolute Gasteiger partial charge is 0.213 e. The van der Waals surface area contributed by atoms with E-state index in [-0.39, 0.29) is 17.3 Å². The molecule has 1 aliphatic carbocycles. The number of ketones is 2. The number of para-hydroxylation sites is 1. The van der Waals surface area contributed by atoms with E-state index in [1.165, 1.54) is 6.08 Å². The molecule has 5 heteroatoms. The minimum Gasteiger partial charge on any atom is -0.289 e. The molecule has 0 aliphatic heterocycles. The van der Waals surface area contributed by atoms with Crippen molar-refractivity contribution in [3.63, 3.8) is 0 Å². The minimum absolute atomic E-state index is 0.229. The number of hydrogen-bond acceptors (Lipinski definition) is 3. The fourth-order valence-electron chi connectivity index (χ4n) is 3.66. The lowest BCUT2D eigenvalue weighted by Gasteiger charge is -2.15. The molecule has 3 aromatic carbocycles. The molecule has 4 aromatic rings. The van der Waals surface area contributed by atoms with Crippen LogP contribution in [0.4, 0.5) is 0 Å². The predicted molar refractivity (Wildman–Crippen MR) is 117 cm³/mol. The summed E-state index contributed by atoms with van der Waals surface area (Å²) in [5, 5.41) is 5.28.